The average molecular weight is 383 g/mol. The molecule has 1 amide bonds. The maximum Gasteiger partial charge on any atom is 0.339 e. The molecule has 146 valence electrons. The van der Waals surface area contributed by atoms with Gasteiger partial charge in [0, 0.05) is 25.1 Å². The van der Waals surface area contributed by atoms with Crippen LogP contribution in [0, 0.1) is 16.0 Å². The van der Waals surface area contributed by atoms with E-state index in [4.69, 9.17) is 4.74 Å². The van der Waals surface area contributed by atoms with Crippen molar-refractivity contribution in [2.45, 2.75) is 12.8 Å². The Morgan fingerprint density at radius 2 is 1.75 bits per heavy atom. The summed E-state index contributed by atoms with van der Waals surface area (Å²) < 4.78 is 4.75. The molecule has 8 nitrogen and oxygen atoms in total. The summed E-state index contributed by atoms with van der Waals surface area (Å²) in [4.78, 5) is 37.3. The number of ether oxygens (including phenoxy) is 1. The summed E-state index contributed by atoms with van der Waals surface area (Å²) in [5.41, 5.74) is 1.36. The zero-order chi connectivity index (χ0) is 20.1. The highest BCUT2D eigenvalue weighted by atomic mass is 16.6. The van der Waals surface area contributed by atoms with Crippen LogP contribution in [-0.2, 0) is 9.53 Å². The first-order valence-corrected chi connectivity index (χ1v) is 8.98. The predicted octanol–water partition coefficient (Wildman–Crippen LogP) is 3.24. The van der Waals surface area contributed by atoms with Gasteiger partial charge in [0.05, 0.1) is 23.3 Å². The molecule has 2 aromatic rings. The predicted molar refractivity (Wildman–Crippen MR) is 104 cm³/mol. The third-order valence-electron chi connectivity index (χ3n) is 4.88. The van der Waals surface area contributed by atoms with Crippen LogP contribution in [0.4, 0.5) is 17.1 Å². The number of carbonyl (C=O) groups is 2. The van der Waals surface area contributed by atoms with Crippen molar-refractivity contribution in [3.63, 3.8) is 0 Å². The van der Waals surface area contributed by atoms with E-state index in [2.05, 4.69) is 5.32 Å². The van der Waals surface area contributed by atoms with E-state index in [1.54, 1.807) is 42.5 Å². The number of hydrogen-bond acceptors (Lipinski definition) is 6. The van der Waals surface area contributed by atoms with Gasteiger partial charge in [0.1, 0.15) is 5.69 Å². The highest BCUT2D eigenvalue weighted by Crippen LogP contribution is 2.31. The van der Waals surface area contributed by atoms with Gasteiger partial charge in [-0.15, -0.1) is 0 Å². The van der Waals surface area contributed by atoms with Crippen molar-refractivity contribution in [1.29, 1.82) is 0 Å². The number of hydrogen-bond donors (Lipinski definition) is 1. The fraction of sp³-hybridized carbons (Fsp3) is 0.300. The van der Waals surface area contributed by atoms with Crippen molar-refractivity contribution in [2.24, 2.45) is 5.92 Å². The van der Waals surface area contributed by atoms with Gasteiger partial charge in [0.2, 0.25) is 5.91 Å². The topological polar surface area (TPSA) is 102 Å². The van der Waals surface area contributed by atoms with Gasteiger partial charge >= 0.3 is 5.97 Å². The third-order valence-corrected chi connectivity index (χ3v) is 4.88. The molecule has 0 radical (unpaired) electrons. The van der Waals surface area contributed by atoms with Gasteiger partial charge in [0.15, 0.2) is 0 Å². The van der Waals surface area contributed by atoms with E-state index in [0.717, 1.165) is 0 Å². The Morgan fingerprint density at radius 1 is 1.11 bits per heavy atom. The van der Waals surface area contributed by atoms with E-state index in [1.165, 1.54) is 13.2 Å². The maximum absolute atomic E-state index is 12.7. The normalized spacial score (nSPS) is 14.4. The quantitative estimate of drug-likeness (QED) is 0.483. The number of nitro groups is 1. The van der Waals surface area contributed by atoms with Crippen LogP contribution in [0.25, 0.3) is 0 Å². The number of benzene rings is 2. The second-order valence-electron chi connectivity index (χ2n) is 6.53. The molecule has 1 N–H and O–H groups in total. The van der Waals surface area contributed by atoms with Gasteiger partial charge in [0.25, 0.3) is 5.69 Å². The van der Waals surface area contributed by atoms with Crippen LogP contribution in [0.2, 0.25) is 0 Å². The zero-order valence-corrected chi connectivity index (χ0v) is 15.5. The Bertz CT molecular complexity index is 891. The molecule has 0 saturated carbocycles. The van der Waals surface area contributed by atoms with Crippen LogP contribution in [0.3, 0.4) is 0 Å². The number of carbonyl (C=O) groups excluding carboxylic acids is 2. The van der Waals surface area contributed by atoms with Crippen LogP contribution >= 0.6 is 0 Å². The van der Waals surface area contributed by atoms with Crippen LogP contribution < -0.4 is 10.2 Å². The minimum Gasteiger partial charge on any atom is -0.465 e. The van der Waals surface area contributed by atoms with Gasteiger partial charge < -0.3 is 15.0 Å². The number of nitrogens with one attached hydrogen (secondary N) is 1. The fourth-order valence-electron chi connectivity index (χ4n) is 3.38. The van der Waals surface area contributed by atoms with E-state index >= 15 is 0 Å². The fourth-order valence-corrected chi connectivity index (χ4v) is 3.38. The molecular weight excluding hydrogens is 362 g/mol. The van der Waals surface area contributed by atoms with E-state index in [1.807, 2.05) is 4.90 Å². The van der Waals surface area contributed by atoms with Crippen molar-refractivity contribution in [3.05, 3.63) is 64.2 Å². The highest BCUT2D eigenvalue weighted by Gasteiger charge is 2.28. The molecule has 28 heavy (non-hydrogen) atoms. The molecule has 1 fully saturated rings. The molecule has 1 heterocycles. The summed E-state index contributed by atoms with van der Waals surface area (Å²) in [6.45, 7) is 1.09. The number of piperidine rings is 1. The Morgan fingerprint density at radius 3 is 2.43 bits per heavy atom. The number of para-hydroxylation sites is 3. The number of methoxy groups -OCH3 is 1. The molecular formula is C20H21N3O5. The number of amides is 1. The van der Waals surface area contributed by atoms with Crippen molar-refractivity contribution in [1.82, 2.24) is 0 Å². The van der Waals surface area contributed by atoms with Gasteiger partial charge in [-0.1, -0.05) is 24.3 Å². The number of esters is 1. The van der Waals surface area contributed by atoms with E-state index in [0.29, 0.717) is 42.9 Å². The molecule has 0 aliphatic carbocycles. The summed E-state index contributed by atoms with van der Waals surface area (Å²) in [6, 6.07) is 13.3. The second-order valence-corrected chi connectivity index (χ2v) is 6.53. The Balaban J connectivity index is 1.65. The Kier molecular flexibility index (Phi) is 5.88. The first kappa shape index (κ1) is 19.3. The van der Waals surface area contributed by atoms with E-state index in [-0.39, 0.29) is 17.5 Å². The summed E-state index contributed by atoms with van der Waals surface area (Å²) in [6.07, 6.45) is 1.14. The summed E-state index contributed by atoms with van der Waals surface area (Å²) in [5.74, 6) is -0.912. The summed E-state index contributed by atoms with van der Waals surface area (Å²) in [7, 11) is 1.29. The monoisotopic (exact) mass is 383 g/mol. The van der Waals surface area contributed by atoms with Crippen molar-refractivity contribution in [3.8, 4) is 0 Å². The number of rotatable bonds is 5. The molecule has 2 aromatic carbocycles. The maximum atomic E-state index is 12.7. The smallest absolute Gasteiger partial charge is 0.339 e. The van der Waals surface area contributed by atoms with Crippen LogP contribution in [0.15, 0.2) is 48.5 Å². The lowest BCUT2D eigenvalue weighted by Crippen LogP contribution is -2.38. The Hall–Kier alpha value is -3.42. The van der Waals surface area contributed by atoms with Crippen molar-refractivity contribution < 1.29 is 19.2 Å². The van der Waals surface area contributed by atoms with Gasteiger partial charge in [-0.3, -0.25) is 14.9 Å². The standard InChI is InChI=1S/C20H21N3O5/c1-28-20(25)15-6-2-3-7-16(15)21-19(24)14-10-12-22(13-11-14)17-8-4-5-9-18(17)23(26)27/h2-9,14H,10-13H2,1H3,(H,21,24). The highest BCUT2D eigenvalue weighted by molar-refractivity contribution is 6.01. The molecule has 0 atom stereocenters. The number of nitro benzene ring substituents is 1. The molecule has 1 saturated heterocycles. The molecule has 0 aromatic heterocycles. The number of anilines is 2. The van der Waals surface area contributed by atoms with Gasteiger partial charge in [-0.05, 0) is 31.0 Å². The summed E-state index contributed by atoms with van der Waals surface area (Å²) in [5, 5.41) is 14.0. The minimum atomic E-state index is -0.512. The minimum absolute atomic E-state index is 0.0670. The molecule has 1 aliphatic heterocycles. The van der Waals surface area contributed by atoms with Crippen LogP contribution in [0.5, 0.6) is 0 Å². The molecule has 0 spiro atoms. The lowest BCUT2D eigenvalue weighted by molar-refractivity contribution is -0.384. The molecule has 3 rings (SSSR count). The zero-order valence-electron chi connectivity index (χ0n) is 15.5. The molecule has 8 heteroatoms. The van der Waals surface area contributed by atoms with Crippen LogP contribution in [0.1, 0.15) is 23.2 Å². The first-order chi connectivity index (χ1) is 13.5. The largest absolute Gasteiger partial charge is 0.465 e. The lowest BCUT2D eigenvalue weighted by Gasteiger charge is -2.32. The average Bonchev–Trinajstić information content (AvgIpc) is 2.73. The first-order valence-electron chi connectivity index (χ1n) is 8.98. The van der Waals surface area contributed by atoms with Gasteiger partial charge in [-0.25, -0.2) is 4.79 Å². The SMILES string of the molecule is COC(=O)c1ccccc1NC(=O)C1CCN(c2ccccc2[N+](=O)[O-])CC1. The van der Waals surface area contributed by atoms with Gasteiger partial charge in [-0.2, -0.15) is 0 Å². The molecule has 0 unspecified atom stereocenters. The van der Waals surface area contributed by atoms with Crippen molar-refractivity contribution in [2.75, 3.05) is 30.4 Å². The molecule has 1 aliphatic rings. The third kappa shape index (κ3) is 4.11. The lowest BCUT2D eigenvalue weighted by atomic mass is 9.95. The van der Waals surface area contributed by atoms with Crippen molar-refractivity contribution >= 4 is 28.9 Å². The van der Waals surface area contributed by atoms with Crippen LogP contribution in [-0.4, -0.2) is 37.0 Å². The van der Waals surface area contributed by atoms with E-state index in [9.17, 15) is 19.7 Å². The second kappa shape index (κ2) is 8.51. The Labute approximate surface area is 162 Å². The summed E-state index contributed by atoms with van der Waals surface area (Å²) >= 11 is 0. The molecule has 0 bridgehead atoms. The number of nitrogens with zero attached hydrogens (tertiary/aromatic N) is 2. The van der Waals surface area contributed by atoms with E-state index < -0.39 is 10.9 Å².